The molecule has 2 fully saturated rings. The van der Waals surface area contributed by atoms with Crippen molar-refractivity contribution in [3.63, 3.8) is 0 Å². The Hall–Kier alpha value is -2.57. The number of ether oxygens (including phenoxy) is 2. The molecule has 0 saturated carbocycles. The van der Waals surface area contributed by atoms with Crippen LogP contribution in [0.1, 0.15) is 5.56 Å². The number of hydrogen-bond donors (Lipinski definition) is 1. The van der Waals surface area contributed by atoms with Crippen molar-refractivity contribution in [2.45, 2.75) is 19.1 Å². The number of fused-ring (bicyclic) bond motifs is 1. The molecule has 0 radical (unpaired) electrons. The van der Waals surface area contributed by atoms with Crippen molar-refractivity contribution >= 4 is 11.7 Å². The third kappa shape index (κ3) is 3.91. The Bertz CT molecular complexity index is 812. The normalized spacial score (nSPS) is 22.4. The molecule has 0 spiro atoms. The van der Waals surface area contributed by atoms with Crippen LogP contribution in [0.25, 0.3) is 0 Å². The number of morpholine rings is 1. The number of carbonyl (C=O) groups is 1. The summed E-state index contributed by atoms with van der Waals surface area (Å²) < 4.78 is 11.8. The Kier molecular flexibility index (Phi) is 5.01. The lowest BCUT2D eigenvalue weighted by Gasteiger charge is -2.33. The summed E-state index contributed by atoms with van der Waals surface area (Å²) in [6.45, 7) is 4.91. The van der Waals surface area contributed by atoms with Gasteiger partial charge in [0, 0.05) is 13.1 Å². The molecule has 0 bridgehead atoms. The van der Waals surface area contributed by atoms with Crippen LogP contribution in [-0.2, 0) is 4.74 Å². The summed E-state index contributed by atoms with van der Waals surface area (Å²) in [5, 5.41) is 3.03. The number of benzene rings is 2. The molecule has 2 aromatic carbocycles. The lowest BCUT2D eigenvalue weighted by Crippen LogP contribution is -2.48. The zero-order valence-corrected chi connectivity index (χ0v) is 15.7. The van der Waals surface area contributed by atoms with E-state index in [4.69, 9.17) is 9.47 Å². The molecule has 2 atom stereocenters. The van der Waals surface area contributed by atoms with Crippen molar-refractivity contribution in [2.75, 3.05) is 38.6 Å². The standard InChI is InChI=1S/C21H25N3O3/c1-15-8-9-19(27-16-6-4-3-5-7-16)17(12-15)22-21(25)24-13-18-20(14-24)26-11-10-23(18)2/h3-9,12,18,20H,10-11,13-14H2,1-2H3,(H,22,25)/t18-,20+/m0/s1. The highest BCUT2D eigenvalue weighted by Crippen LogP contribution is 2.31. The van der Waals surface area contributed by atoms with E-state index in [-0.39, 0.29) is 18.2 Å². The monoisotopic (exact) mass is 367 g/mol. The lowest BCUT2D eigenvalue weighted by atomic mass is 10.1. The van der Waals surface area contributed by atoms with Crippen molar-refractivity contribution in [1.82, 2.24) is 9.80 Å². The summed E-state index contributed by atoms with van der Waals surface area (Å²) >= 11 is 0. The van der Waals surface area contributed by atoms with Crippen molar-refractivity contribution < 1.29 is 14.3 Å². The molecule has 2 amide bonds. The first kappa shape index (κ1) is 17.8. The van der Waals surface area contributed by atoms with Gasteiger partial charge >= 0.3 is 6.03 Å². The van der Waals surface area contributed by atoms with Gasteiger partial charge in [-0.25, -0.2) is 4.79 Å². The van der Waals surface area contributed by atoms with Crippen molar-refractivity contribution in [3.8, 4) is 11.5 Å². The summed E-state index contributed by atoms with van der Waals surface area (Å²) in [5.74, 6) is 1.37. The third-order valence-electron chi connectivity index (χ3n) is 5.21. The second kappa shape index (κ2) is 7.58. The predicted molar refractivity (Wildman–Crippen MR) is 104 cm³/mol. The van der Waals surface area contributed by atoms with E-state index in [2.05, 4.69) is 17.3 Å². The molecule has 6 nitrogen and oxygen atoms in total. The zero-order chi connectivity index (χ0) is 18.8. The minimum absolute atomic E-state index is 0.0899. The summed E-state index contributed by atoms with van der Waals surface area (Å²) in [5.41, 5.74) is 1.73. The molecule has 6 heteroatoms. The number of likely N-dealkylation sites (tertiary alicyclic amines) is 1. The van der Waals surface area contributed by atoms with Gasteiger partial charge in [0.15, 0.2) is 5.75 Å². The number of urea groups is 1. The number of rotatable bonds is 3. The van der Waals surface area contributed by atoms with Crippen LogP contribution < -0.4 is 10.1 Å². The Balaban J connectivity index is 1.49. The van der Waals surface area contributed by atoms with Crippen molar-refractivity contribution in [2.24, 2.45) is 0 Å². The summed E-state index contributed by atoms with van der Waals surface area (Å²) in [6.07, 6.45) is 0.0899. The molecule has 2 saturated heterocycles. The number of aryl methyl sites for hydroxylation is 1. The van der Waals surface area contributed by atoms with Gasteiger partial charge in [-0.15, -0.1) is 0 Å². The highest BCUT2D eigenvalue weighted by atomic mass is 16.5. The predicted octanol–water partition coefficient (Wildman–Crippen LogP) is 3.33. The zero-order valence-electron chi connectivity index (χ0n) is 15.7. The maximum absolute atomic E-state index is 12.9. The SMILES string of the molecule is Cc1ccc(Oc2ccccc2)c(NC(=O)N2C[C@H]3OCCN(C)[C@H]3C2)c1. The van der Waals surface area contributed by atoms with Gasteiger partial charge in [-0.3, -0.25) is 4.90 Å². The minimum Gasteiger partial charge on any atom is -0.455 e. The summed E-state index contributed by atoms with van der Waals surface area (Å²) in [6, 6.07) is 15.5. The molecule has 2 aliphatic heterocycles. The smallest absolute Gasteiger partial charge is 0.322 e. The van der Waals surface area contributed by atoms with E-state index >= 15 is 0 Å². The van der Waals surface area contributed by atoms with Gasteiger partial charge in [0.1, 0.15) is 5.75 Å². The molecule has 2 heterocycles. The second-order valence-electron chi connectivity index (χ2n) is 7.21. The Morgan fingerprint density at radius 1 is 1.19 bits per heavy atom. The molecule has 27 heavy (non-hydrogen) atoms. The molecule has 2 aliphatic rings. The lowest BCUT2D eigenvalue weighted by molar-refractivity contribution is -0.0367. The number of hydrogen-bond acceptors (Lipinski definition) is 4. The van der Waals surface area contributed by atoms with Gasteiger partial charge in [0.25, 0.3) is 0 Å². The maximum Gasteiger partial charge on any atom is 0.322 e. The third-order valence-corrected chi connectivity index (χ3v) is 5.21. The van der Waals surface area contributed by atoms with Crippen LogP contribution in [0.4, 0.5) is 10.5 Å². The summed E-state index contributed by atoms with van der Waals surface area (Å²) in [7, 11) is 2.09. The largest absolute Gasteiger partial charge is 0.455 e. The highest BCUT2D eigenvalue weighted by Gasteiger charge is 2.40. The van der Waals surface area contributed by atoms with E-state index in [1.54, 1.807) is 0 Å². The topological polar surface area (TPSA) is 54.0 Å². The molecular weight excluding hydrogens is 342 g/mol. The van der Waals surface area contributed by atoms with E-state index in [1.165, 1.54) is 0 Å². The number of nitrogens with zero attached hydrogens (tertiary/aromatic N) is 2. The van der Waals surface area contributed by atoms with Gasteiger partial charge in [0.05, 0.1) is 31.0 Å². The highest BCUT2D eigenvalue weighted by molar-refractivity contribution is 5.91. The number of para-hydroxylation sites is 1. The average Bonchev–Trinajstić information content (AvgIpc) is 3.11. The fourth-order valence-corrected chi connectivity index (χ4v) is 3.66. The quantitative estimate of drug-likeness (QED) is 0.904. The maximum atomic E-state index is 12.9. The average molecular weight is 367 g/mol. The van der Waals surface area contributed by atoms with Crippen LogP contribution >= 0.6 is 0 Å². The number of amides is 2. The van der Waals surface area contributed by atoms with Gasteiger partial charge in [0.2, 0.25) is 0 Å². The van der Waals surface area contributed by atoms with Crippen LogP contribution in [0.5, 0.6) is 11.5 Å². The molecule has 1 N–H and O–H groups in total. The molecule has 0 unspecified atom stereocenters. The molecule has 0 aliphatic carbocycles. The van der Waals surface area contributed by atoms with Crippen LogP contribution in [0.15, 0.2) is 48.5 Å². The van der Waals surface area contributed by atoms with Crippen molar-refractivity contribution in [3.05, 3.63) is 54.1 Å². The minimum atomic E-state index is -0.120. The molecule has 4 rings (SSSR count). The Morgan fingerprint density at radius 2 is 2.00 bits per heavy atom. The van der Waals surface area contributed by atoms with Crippen LogP contribution in [0, 0.1) is 6.92 Å². The van der Waals surface area contributed by atoms with Crippen LogP contribution in [0.2, 0.25) is 0 Å². The summed E-state index contributed by atoms with van der Waals surface area (Å²) in [4.78, 5) is 17.0. The molecule has 142 valence electrons. The van der Waals surface area contributed by atoms with Crippen LogP contribution in [0.3, 0.4) is 0 Å². The Labute approximate surface area is 159 Å². The fraction of sp³-hybridized carbons (Fsp3) is 0.381. The molecular formula is C21H25N3O3. The second-order valence-corrected chi connectivity index (χ2v) is 7.21. The van der Waals surface area contributed by atoms with Crippen LogP contribution in [-0.4, -0.2) is 61.3 Å². The number of nitrogens with one attached hydrogen (secondary N) is 1. The number of likely N-dealkylation sites (N-methyl/N-ethyl adjacent to an activating group) is 1. The molecule has 2 aromatic rings. The van der Waals surface area contributed by atoms with E-state index in [0.29, 0.717) is 24.5 Å². The van der Waals surface area contributed by atoms with Crippen molar-refractivity contribution in [1.29, 1.82) is 0 Å². The van der Waals surface area contributed by atoms with Gasteiger partial charge in [-0.1, -0.05) is 24.3 Å². The van der Waals surface area contributed by atoms with Gasteiger partial charge in [-0.05, 0) is 43.8 Å². The van der Waals surface area contributed by atoms with E-state index in [0.717, 1.165) is 24.5 Å². The molecule has 0 aromatic heterocycles. The number of carbonyl (C=O) groups excluding carboxylic acids is 1. The Morgan fingerprint density at radius 3 is 2.78 bits per heavy atom. The van der Waals surface area contributed by atoms with E-state index < -0.39 is 0 Å². The van der Waals surface area contributed by atoms with Gasteiger partial charge in [-0.2, -0.15) is 0 Å². The van der Waals surface area contributed by atoms with Gasteiger partial charge < -0.3 is 19.7 Å². The van der Waals surface area contributed by atoms with E-state index in [9.17, 15) is 4.79 Å². The first-order valence-electron chi connectivity index (χ1n) is 9.31. The number of anilines is 1. The fourth-order valence-electron chi connectivity index (χ4n) is 3.66. The van der Waals surface area contributed by atoms with E-state index in [1.807, 2.05) is 60.4 Å². The first-order chi connectivity index (χ1) is 13.1. The first-order valence-corrected chi connectivity index (χ1v) is 9.31.